The second-order valence-corrected chi connectivity index (χ2v) is 4.98. The maximum atomic E-state index is 12.1. The molecule has 9 heteroatoms. The molecule has 0 saturated heterocycles. The number of pyridine rings is 1. The summed E-state index contributed by atoms with van der Waals surface area (Å²) in [6.45, 7) is 1.55. The van der Waals surface area contributed by atoms with Crippen LogP contribution in [0.5, 0.6) is 5.75 Å². The molecular weight excluding hydrogens is 319 g/mol. The summed E-state index contributed by atoms with van der Waals surface area (Å²) >= 11 is 11.5. The predicted molar refractivity (Wildman–Crippen MR) is 78.1 cm³/mol. The molecule has 0 spiro atoms. The Bertz CT molecular complexity index is 772. The van der Waals surface area contributed by atoms with Crippen molar-refractivity contribution in [2.75, 3.05) is 5.32 Å². The topological polar surface area (TPSA) is 97.1 Å². The number of anilines is 1. The zero-order valence-electron chi connectivity index (χ0n) is 11.0. The number of carbonyl (C=O) groups excluding carboxylic acids is 1. The number of halogens is 2. The van der Waals surface area contributed by atoms with Gasteiger partial charge in [-0.25, -0.2) is 9.97 Å². The van der Waals surface area contributed by atoms with Crippen molar-refractivity contribution >= 4 is 35.1 Å². The molecule has 7 nitrogen and oxygen atoms in total. The Morgan fingerprint density at radius 1 is 1.33 bits per heavy atom. The molecule has 0 aliphatic rings. The molecule has 1 amide bonds. The Labute approximate surface area is 129 Å². The number of rotatable bonds is 2. The minimum Gasteiger partial charge on any atom is -0.505 e. The Kier molecular flexibility index (Phi) is 4.15. The number of nitrogens with zero attached hydrogens (tertiary/aromatic N) is 3. The van der Waals surface area contributed by atoms with Crippen molar-refractivity contribution in [1.82, 2.24) is 14.5 Å². The molecule has 0 unspecified atom stereocenters. The number of nitrogens with one attached hydrogen (secondary N) is 1. The van der Waals surface area contributed by atoms with E-state index < -0.39 is 22.8 Å². The lowest BCUT2D eigenvalue weighted by Crippen LogP contribution is -2.29. The largest absolute Gasteiger partial charge is 0.505 e. The lowest BCUT2D eigenvalue weighted by Gasteiger charge is -2.11. The van der Waals surface area contributed by atoms with Crippen molar-refractivity contribution in [3.8, 4) is 5.75 Å². The van der Waals surface area contributed by atoms with Crippen molar-refractivity contribution in [3.63, 3.8) is 0 Å². The summed E-state index contributed by atoms with van der Waals surface area (Å²) in [5.74, 6) is -1.50. The van der Waals surface area contributed by atoms with E-state index in [1.54, 1.807) is 6.92 Å². The van der Waals surface area contributed by atoms with Crippen molar-refractivity contribution in [1.29, 1.82) is 0 Å². The van der Waals surface area contributed by atoms with Gasteiger partial charge in [-0.15, -0.1) is 0 Å². The van der Waals surface area contributed by atoms with Crippen LogP contribution in [0.4, 0.5) is 5.95 Å². The van der Waals surface area contributed by atoms with E-state index >= 15 is 0 Å². The fraction of sp³-hybridized carbons (Fsp3) is 0.167. The van der Waals surface area contributed by atoms with E-state index in [1.807, 2.05) is 0 Å². The molecule has 110 valence electrons. The Hall–Kier alpha value is -2.12. The SMILES string of the molecule is Cc1c(Cl)c(O)c(C(=O)Nc2ncc(Cl)cn2)c(=O)n1C. The van der Waals surface area contributed by atoms with Crippen molar-refractivity contribution in [3.05, 3.63) is 44.1 Å². The lowest BCUT2D eigenvalue weighted by molar-refractivity contribution is 0.102. The van der Waals surface area contributed by atoms with Gasteiger partial charge < -0.3 is 9.67 Å². The molecule has 2 heterocycles. The summed E-state index contributed by atoms with van der Waals surface area (Å²) in [5.41, 5.74) is -0.814. The van der Waals surface area contributed by atoms with Crippen LogP contribution in [0.1, 0.15) is 16.1 Å². The quantitative estimate of drug-likeness (QED) is 0.875. The van der Waals surface area contributed by atoms with Crippen LogP contribution in [0.3, 0.4) is 0 Å². The Balaban J connectivity index is 2.45. The summed E-state index contributed by atoms with van der Waals surface area (Å²) in [6.07, 6.45) is 2.56. The van der Waals surface area contributed by atoms with Crippen LogP contribution in [0.15, 0.2) is 17.2 Å². The molecule has 2 N–H and O–H groups in total. The average Bonchev–Trinajstić information content (AvgIpc) is 2.46. The summed E-state index contributed by atoms with van der Waals surface area (Å²) < 4.78 is 1.17. The highest BCUT2D eigenvalue weighted by molar-refractivity contribution is 6.33. The first-order chi connectivity index (χ1) is 9.82. The third-order valence-electron chi connectivity index (χ3n) is 2.86. The lowest BCUT2D eigenvalue weighted by atomic mass is 10.2. The van der Waals surface area contributed by atoms with E-state index in [0.29, 0.717) is 10.7 Å². The van der Waals surface area contributed by atoms with Crippen LogP contribution < -0.4 is 10.9 Å². The second-order valence-electron chi connectivity index (χ2n) is 4.17. The van der Waals surface area contributed by atoms with E-state index in [2.05, 4.69) is 15.3 Å². The molecule has 0 bridgehead atoms. The fourth-order valence-corrected chi connectivity index (χ4v) is 1.91. The number of hydrogen-bond acceptors (Lipinski definition) is 5. The molecule has 21 heavy (non-hydrogen) atoms. The standard InChI is InChI=1S/C12H10Cl2N4O3/c1-5-8(14)9(19)7(11(21)18(5)2)10(20)17-12-15-3-6(13)4-16-12/h3-4,19H,1-2H3,(H,15,16,17,20). The molecule has 0 aliphatic carbocycles. The van der Waals surface area contributed by atoms with Gasteiger partial charge in [-0.1, -0.05) is 23.2 Å². The highest BCUT2D eigenvalue weighted by Crippen LogP contribution is 2.28. The van der Waals surface area contributed by atoms with Gasteiger partial charge in [-0.3, -0.25) is 14.9 Å². The Morgan fingerprint density at radius 3 is 2.48 bits per heavy atom. The Morgan fingerprint density at radius 2 is 1.90 bits per heavy atom. The molecule has 0 radical (unpaired) electrons. The number of aromatic hydroxyl groups is 1. The highest BCUT2D eigenvalue weighted by Gasteiger charge is 2.23. The van der Waals surface area contributed by atoms with E-state index in [-0.39, 0.29) is 11.0 Å². The fourth-order valence-electron chi connectivity index (χ4n) is 1.60. The van der Waals surface area contributed by atoms with Crippen LogP contribution in [0.2, 0.25) is 10.0 Å². The van der Waals surface area contributed by atoms with Crippen LogP contribution >= 0.6 is 23.2 Å². The van der Waals surface area contributed by atoms with Gasteiger partial charge in [-0.05, 0) is 6.92 Å². The molecule has 0 fully saturated rings. The van der Waals surface area contributed by atoms with Crippen molar-refractivity contribution in [2.24, 2.45) is 7.05 Å². The first-order valence-corrected chi connectivity index (χ1v) is 6.45. The maximum Gasteiger partial charge on any atom is 0.267 e. The van der Waals surface area contributed by atoms with Gasteiger partial charge in [0.1, 0.15) is 10.6 Å². The zero-order chi connectivity index (χ0) is 15.7. The average molecular weight is 329 g/mol. The number of hydrogen-bond donors (Lipinski definition) is 2. The molecular formula is C12H10Cl2N4O3. The van der Waals surface area contributed by atoms with E-state index in [9.17, 15) is 14.7 Å². The van der Waals surface area contributed by atoms with E-state index in [0.717, 1.165) is 0 Å². The van der Waals surface area contributed by atoms with Crippen molar-refractivity contribution < 1.29 is 9.90 Å². The van der Waals surface area contributed by atoms with E-state index in [1.165, 1.54) is 24.0 Å². The smallest absolute Gasteiger partial charge is 0.267 e. The molecule has 0 aliphatic heterocycles. The molecule has 0 atom stereocenters. The molecule has 2 aromatic rings. The molecule has 2 rings (SSSR count). The predicted octanol–water partition coefficient (Wildman–Crippen LogP) is 1.75. The number of carbonyl (C=O) groups is 1. The first-order valence-electron chi connectivity index (χ1n) is 5.70. The van der Waals surface area contributed by atoms with Gasteiger partial charge in [0.25, 0.3) is 11.5 Å². The van der Waals surface area contributed by atoms with Gasteiger partial charge in [-0.2, -0.15) is 0 Å². The molecule has 0 saturated carbocycles. The molecule has 0 aromatic carbocycles. The van der Waals surface area contributed by atoms with Gasteiger partial charge >= 0.3 is 0 Å². The van der Waals surface area contributed by atoms with Gasteiger partial charge in [0.05, 0.1) is 17.4 Å². The van der Waals surface area contributed by atoms with E-state index in [4.69, 9.17) is 23.2 Å². The number of aromatic nitrogens is 3. The monoisotopic (exact) mass is 328 g/mol. The summed E-state index contributed by atoms with van der Waals surface area (Å²) in [6, 6.07) is 0. The van der Waals surface area contributed by atoms with Gasteiger partial charge in [0.15, 0.2) is 5.75 Å². The zero-order valence-corrected chi connectivity index (χ0v) is 12.5. The highest BCUT2D eigenvalue weighted by atomic mass is 35.5. The van der Waals surface area contributed by atoms with Crippen LogP contribution in [-0.4, -0.2) is 25.5 Å². The summed E-state index contributed by atoms with van der Waals surface area (Å²) in [5, 5.41) is 12.4. The van der Waals surface area contributed by atoms with Crippen LogP contribution in [-0.2, 0) is 7.05 Å². The van der Waals surface area contributed by atoms with Gasteiger partial charge in [0, 0.05) is 12.7 Å². The number of amides is 1. The summed E-state index contributed by atoms with van der Waals surface area (Å²) in [4.78, 5) is 31.7. The van der Waals surface area contributed by atoms with Gasteiger partial charge in [0.2, 0.25) is 5.95 Å². The van der Waals surface area contributed by atoms with Crippen LogP contribution in [0, 0.1) is 6.92 Å². The van der Waals surface area contributed by atoms with Crippen molar-refractivity contribution in [2.45, 2.75) is 6.92 Å². The molecule has 2 aromatic heterocycles. The third-order valence-corrected chi connectivity index (χ3v) is 3.50. The maximum absolute atomic E-state index is 12.1. The minimum absolute atomic E-state index is 0.0532. The summed E-state index contributed by atoms with van der Waals surface area (Å²) in [7, 11) is 1.44. The van der Waals surface area contributed by atoms with Crippen LogP contribution in [0.25, 0.3) is 0 Å². The minimum atomic E-state index is -0.864. The first kappa shape index (κ1) is 15.3. The second kappa shape index (κ2) is 5.71. The third kappa shape index (κ3) is 2.84. The normalized spacial score (nSPS) is 10.5.